The average Bonchev–Trinajstić information content (AvgIpc) is 3.07. The lowest BCUT2D eigenvalue weighted by Gasteiger charge is -2.14. The zero-order chi connectivity index (χ0) is 17.6. The minimum atomic E-state index is -0.568. The minimum absolute atomic E-state index is 0.163. The van der Waals surface area contributed by atoms with Crippen molar-refractivity contribution in [2.45, 2.75) is 19.6 Å². The molecule has 2 aromatic heterocycles. The van der Waals surface area contributed by atoms with E-state index in [1.165, 1.54) is 0 Å². The molecule has 0 spiro atoms. The van der Waals surface area contributed by atoms with Crippen LogP contribution in [-0.4, -0.2) is 26.8 Å². The molecule has 3 rings (SSSR count). The van der Waals surface area contributed by atoms with Crippen LogP contribution in [0.5, 0.6) is 5.75 Å². The van der Waals surface area contributed by atoms with Gasteiger partial charge in [-0.15, -0.1) is 0 Å². The Labute approximate surface area is 146 Å². The molecule has 3 aromatic rings. The maximum atomic E-state index is 12.2. The van der Waals surface area contributed by atoms with Gasteiger partial charge in [0.2, 0.25) is 0 Å². The molecule has 25 heavy (non-hydrogen) atoms. The van der Waals surface area contributed by atoms with Crippen LogP contribution in [0.3, 0.4) is 0 Å². The van der Waals surface area contributed by atoms with Crippen LogP contribution < -0.4 is 10.1 Å². The molecule has 1 unspecified atom stereocenters. The van der Waals surface area contributed by atoms with Crippen LogP contribution >= 0.6 is 0 Å². The number of ether oxygens (including phenoxy) is 1. The van der Waals surface area contributed by atoms with Crippen molar-refractivity contribution in [3.05, 3.63) is 66.6 Å². The summed E-state index contributed by atoms with van der Waals surface area (Å²) in [6, 6.07) is 13.1. The van der Waals surface area contributed by atoms with Crippen LogP contribution in [0.1, 0.15) is 12.5 Å². The standard InChI is InChI=1S/C19H20N4O2/c1-14(25-17-6-4-3-5-7-17)19(24)21-11-15-8-9-20-18(10-15)16-12-22-23(2)13-16/h3-10,12-14H,11H2,1-2H3,(H,21,24). The number of carbonyl (C=O) groups excluding carboxylic acids is 1. The molecule has 6 heteroatoms. The largest absolute Gasteiger partial charge is 0.481 e. The van der Waals surface area contributed by atoms with E-state index in [4.69, 9.17) is 4.74 Å². The number of nitrogens with one attached hydrogen (secondary N) is 1. The van der Waals surface area contributed by atoms with Crippen molar-refractivity contribution in [3.8, 4) is 17.0 Å². The fraction of sp³-hybridized carbons (Fsp3) is 0.211. The van der Waals surface area contributed by atoms with Crippen LogP contribution in [-0.2, 0) is 18.4 Å². The van der Waals surface area contributed by atoms with Crippen molar-refractivity contribution in [2.75, 3.05) is 0 Å². The van der Waals surface area contributed by atoms with Gasteiger partial charge in [0.25, 0.3) is 5.91 Å². The van der Waals surface area contributed by atoms with Gasteiger partial charge in [0.05, 0.1) is 11.9 Å². The number of benzene rings is 1. The molecule has 6 nitrogen and oxygen atoms in total. The normalized spacial score (nSPS) is 11.8. The Balaban J connectivity index is 1.58. The molecule has 0 aliphatic rings. The number of aryl methyl sites for hydroxylation is 1. The van der Waals surface area contributed by atoms with Crippen LogP contribution in [0.2, 0.25) is 0 Å². The number of aromatic nitrogens is 3. The topological polar surface area (TPSA) is 69.0 Å². The Morgan fingerprint density at radius 3 is 2.80 bits per heavy atom. The van der Waals surface area contributed by atoms with Crippen molar-refractivity contribution >= 4 is 5.91 Å². The maximum Gasteiger partial charge on any atom is 0.261 e. The lowest BCUT2D eigenvalue weighted by Crippen LogP contribution is -2.35. The Morgan fingerprint density at radius 1 is 1.28 bits per heavy atom. The van der Waals surface area contributed by atoms with E-state index in [9.17, 15) is 4.79 Å². The predicted octanol–water partition coefficient (Wildman–Crippen LogP) is 2.57. The molecular formula is C19H20N4O2. The third-order valence-corrected chi connectivity index (χ3v) is 3.72. The molecule has 0 aliphatic heterocycles. The highest BCUT2D eigenvalue weighted by molar-refractivity contribution is 5.80. The van der Waals surface area contributed by atoms with Gasteiger partial charge in [-0.05, 0) is 36.8 Å². The van der Waals surface area contributed by atoms with E-state index in [1.54, 1.807) is 24.0 Å². The Hall–Kier alpha value is -3.15. The zero-order valence-electron chi connectivity index (χ0n) is 14.2. The summed E-state index contributed by atoms with van der Waals surface area (Å²) >= 11 is 0. The molecule has 2 heterocycles. The van der Waals surface area contributed by atoms with Gasteiger partial charge in [-0.2, -0.15) is 5.10 Å². The van der Waals surface area contributed by atoms with Gasteiger partial charge in [0.1, 0.15) is 5.75 Å². The van der Waals surface area contributed by atoms with Crippen molar-refractivity contribution in [2.24, 2.45) is 7.05 Å². The molecule has 0 radical (unpaired) electrons. The third-order valence-electron chi connectivity index (χ3n) is 3.72. The van der Waals surface area contributed by atoms with Crippen LogP contribution in [0, 0.1) is 0 Å². The van der Waals surface area contributed by atoms with Crippen molar-refractivity contribution in [1.82, 2.24) is 20.1 Å². The molecule has 0 fully saturated rings. The van der Waals surface area contributed by atoms with E-state index in [-0.39, 0.29) is 5.91 Å². The van der Waals surface area contributed by atoms with E-state index < -0.39 is 6.10 Å². The molecule has 0 bridgehead atoms. The number of rotatable bonds is 6. The molecule has 128 valence electrons. The molecule has 1 N–H and O–H groups in total. The van der Waals surface area contributed by atoms with Crippen LogP contribution in [0.25, 0.3) is 11.3 Å². The van der Waals surface area contributed by atoms with Gasteiger partial charge in [-0.25, -0.2) is 0 Å². The number of hydrogen-bond donors (Lipinski definition) is 1. The second-order valence-electron chi connectivity index (χ2n) is 5.74. The molecule has 0 saturated carbocycles. The summed E-state index contributed by atoms with van der Waals surface area (Å²) in [5.41, 5.74) is 2.74. The van der Waals surface area contributed by atoms with Gasteiger partial charge in [0.15, 0.2) is 6.10 Å². The Bertz CT molecular complexity index is 845. The lowest BCUT2D eigenvalue weighted by molar-refractivity contribution is -0.127. The highest BCUT2D eigenvalue weighted by atomic mass is 16.5. The number of nitrogens with zero attached hydrogens (tertiary/aromatic N) is 3. The predicted molar refractivity (Wildman–Crippen MR) is 94.8 cm³/mol. The summed E-state index contributed by atoms with van der Waals surface area (Å²) in [4.78, 5) is 16.6. The van der Waals surface area contributed by atoms with Gasteiger partial charge in [0, 0.05) is 31.5 Å². The first kappa shape index (κ1) is 16.7. The average molecular weight is 336 g/mol. The number of carbonyl (C=O) groups is 1. The SMILES string of the molecule is CC(Oc1ccccc1)C(=O)NCc1ccnc(-c2cnn(C)c2)c1. The minimum Gasteiger partial charge on any atom is -0.481 e. The third kappa shape index (κ3) is 4.44. The van der Waals surface area contributed by atoms with E-state index in [1.807, 2.05) is 55.7 Å². The molecule has 0 saturated heterocycles. The van der Waals surface area contributed by atoms with Crippen LogP contribution in [0.4, 0.5) is 0 Å². The van der Waals surface area contributed by atoms with Gasteiger partial charge >= 0.3 is 0 Å². The number of amides is 1. The molecular weight excluding hydrogens is 316 g/mol. The first-order valence-electron chi connectivity index (χ1n) is 8.05. The highest BCUT2D eigenvalue weighted by Crippen LogP contribution is 2.16. The quantitative estimate of drug-likeness (QED) is 0.751. The summed E-state index contributed by atoms with van der Waals surface area (Å²) in [6.45, 7) is 2.15. The summed E-state index contributed by atoms with van der Waals surface area (Å²) < 4.78 is 7.36. The van der Waals surface area contributed by atoms with Crippen molar-refractivity contribution in [1.29, 1.82) is 0 Å². The van der Waals surface area contributed by atoms with E-state index in [0.717, 1.165) is 16.8 Å². The van der Waals surface area contributed by atoms with E-state index in [2.05, 4.69) is 15.4 Å². The second-order valence-corrected chi connectivity index (χ2v) is 5.74. The zero-order valence-corrected chi connectivity index (χ0v) is 14.2. The van der Waals surface area contributed by atoms with Crippen molar-refractivity contribution < 1.29 is 9.53 Å². The van der Waals surface area contributed by atoms with Gasteiger partial charge in [-0.3, -0.25) is 14.5 Å². The Morgan fingerprint density at radius 2 is 2.08 bits per heavy atom. The highest BCUT2D eigenvalue weighted by Gasteiger charge is 2.14. The monoisotopic (exact) mass is 336 g/mol. The fourth-order valence-corrected chi connectivity index (χ4v) is 2.39. The second kappa shape index (κ2) is 7.61. The maximum absolute atomic E-state index is 12.2. The summed E-state index contributed by atoms with van der Waals surface area (Å²) in [7, 11) is 1.86. The van der Waals surface area contributed by atoms with E-state index >= 15 is 0 Å². The van der Waals surface area contributed by atoms with Gasteiger partial charge in [-0.1, -0.05) is 18.2 Å². The van der Waals surface area contributed by atoms with E-state index in [0.29, 0.717) is 12.3 Å². The fourth-order valence-electron chi connectivity index (χ4n) is 2.39. The molecule has 0 aliphatic carbocycles. The Kier molecular flexibility index (Phi) is 5.09. The number of pyridine rings is 1. The summed E-state index contributed by atoms with van der Waals surface area (Å²) in [5.74, 6) is 0.511. The first-order chi connectivity index (χ1) is 12.1. The summed E-state index contributed by atoms with van der Waals surface area (Å²) in [6.07, 6.45) is 4.83. The van der Waals surface area contributed by atoms with Crippen LogP contribution in [0.15, 0.2) is 61.1 Å². The molecule has 1 aromatic carbocycles. The number of para-hydroxylation sites is 1. The lowest BCUT2D eigenvalue weighted by atomic mass is 10.1. The molecule has 1 atom stereocenters. The first-order valence-corrected chi connectivity index (χ1v) is 8.05. The van der Waals surface area contributed by atoms with Crippen molar-refractivity contribution in [3.63, 3.8) is 0 Å². The summed E-state index contributed by atoms with van der Waals surface area (Å²) in [5, 5.41) is 7.04. The van der Waals surface area contributed by atoms with Gasteiger partial charge < -0.3 is 10.1 Å². The number of hydrogen-bond acceptors (Lipinski definition) is 4. The molecule has 1 amide bonds. The smallest absolute Gasteiger partial charge is 0.261 e.